The number of aromatic nitrogens is 1. The molecular weight excluding hydrogens is 342 g/mol. The van der Waals surface area contributed by atoms with E-state index >= 15 is 0 Å². The fourth-order valence-electron chi connectivity index (χ4n) is 3.46. The van der Waals surface area contributed by atoms with E-state index in [0.717, 1.165) is 39.2 Å². The lowest BCUT2D eigenvalue weighted by Crippen LogP contribution is -2.48. The average Bonchev–Trinajstić information content (AvgIpc) is 2.97. The van der Waals surface area contributed by atoms with Crippen molar-refractivity contribution < 1.29 is 23.5 Å². The molecule has 1 aliphatic heterocycles. The number of nitrogens with one attached hydrogen (secondary N) is 1. The number of hydrogen-bond acceptors (Lipinski definition) is 2. The van der Waals surface area contributed by atoms with Gasteiger partial charge in [-0.15, -0.1) is 0 Å². The normalized spacial score (nSPS) is 16.5. The number of aromatic amines is 1. The van der Waals surface area contributed by atoms with Crippen LogP contribution in [0.25, 0.3) is 10.9 Å². The fourth-order valence-corrected chi connectivity index (χ4v) is 3.46. The number of H-pyrrole nitrogens is 1. The molecule has 26 heavy (non-hydrogen) atoms. The largest absolute Gasteiger partial charge is 0.480 e. The molecule has 3 aromatic rings. The summed E-state index contributed by atoms with van der Waals surface area (Å²) in [6, 6.07) is 8.97. The molecule has 2 N–H and O–H groups in total. The first-order chi connectivity index (χ1) is 12.5. The fraction of sp³-hybridized carbons (Fsp3) is 0.158. The van der Waals surface area contributed by atoms with Gasteiger partial charge in [0.1, 0.15) is 17.7 Å². The van der Waals surface area contributed by atoms with E-state index < -0.39 is 29.6 Å². The molecule has 0 saturated heterocycles. The second kappa shape index (κ2) is 5.94. The van der Waals surface area contributed by atoms with Gasteiger partial charge in [0, 0.05) is 29.1 Å². The SMILES string of the molecule is O=C(O)C1Cc2c([nH]c3ccccc23)CN1C(=O)c1ccc(F)cc1F. The van der Waals surface area contributed by atoms with Gasteiger partial charge in [0.05, 0.1) is 12.1 Å². The van der Waals surface area contributed by atoms with E-state index in [-0.39, 0.29) is 18.5 Å². The zero-order valence-corrected chi connectivity index (χ0v) is 13.5. The Morgan fingerprint density at radius 1 is 1.15 bits per heavy atom. The maximum absolute atomic E-state index is 14.0. The van der Waals surface area contributed by atoms with Gasteiger partial charge in [0.2, 0.25) is 0 Å². The highest BCUT2D eigenvalue weighted by Crippen LogP contribution is 2.31. The van der Waals surface area contributed by atoms with Gasteiger partial charge in [-0.1, -0.05) is 18.2 Å². The van der Waals surface area contributed by atoms with Crippen LogP contribution in [0.3, 0.4) is 0 Å². The Balaban J connectivity index is 1.77. The van der Waals surface area contributed by atoms with Crippen LogP contribution in [0, 0.1) is 11.6 Å². The van der Waals surface area contributed by atoms with Crippen LogP contribution >= 0.6 is 0 Å². The maximum atomic E-state index is 14.0. The summed E-state index contributed by atoms with van der Waals surface area (Å²) in [7, 11) is 0. The molecule has 0 radical (unpaired) electrons. The molecule has 0 aliphatic carbocycles. The Morgan fingerprint density at radius 3 is 2.65 bits per heavy atom. The summed E-state index contributed by atoms with van der Waals surface area (Å²) in [6.45, 7) is 0.0105. The van der Waals surface area contributed by atoms with Gasteiger partial charge < -0.3 is 15.0 Å². The molecule has 0 saturated carbocycles. The summed E-state index contributed by atoms with van der Waals surface area (Å²) in [5.74, 6) is -3.76. The molecule has 1 atom stereocenters. The molecule has 1 aliphatic rings. The first-order valence-corrected chi connectivity index (χ1v) is 8.03. The monoisotopic (exact) mass is 356 g/mol. The number of halogens is 2. The van der Waals surface area contributed by atoms with Crippen molar-refractivity contribution in [1.29, 1.82) is 0 Å². The van der Waals surface area contributed by atoms with Gasteiger partial charge in [-0.3, -0.25) is 4.79 Å². The molecule has 1 amide bonds. The first-order valence-electron chi connectivity index (χ1n) is 8.03. The zero-order chi connectivity index (χ0) is 18.4. The Morgan fingerprint density at radius 2 is 1.92 bits per heavy atom. The minimum Gasteiger partial charge on any atom is -0.480 e. The predicted octanol–water partition coefficient (Wildman–Crippen LogP) is 3.10. The number of rotatable bonds is 2. The Labute approximate surface area is 146 Å². The number of amides is 1. The minimum absolute atomic E-state index is 0.0105. The van der Waals surface area contributed by atoms with Crippen LogP contribution in [-0.2, 0) is 17.8 Å². The molecule has 0 fully saturated rings. The number of benzene rings is 2. The summed E-state index contributed by atoms with van der Waals surface area (Å²) >= 11 is 0. The molecule has 1 unspecified atom stereocenters. The number of hydrogen-bond donors (Lipinski definition) is 2. The standard InChI is InChI=1S/C19H14F2N2O3/c20-10-5-6-12(14(21)7-10)18(24)23-9-16-13(8-17(23)19(25)26)11-3-1-2-4-15(11)22-16/h1-7,17,22H,8-9H2,(H,25,26). The van der Waals surface area contributed by atoms with Gasteiger partial charge >= 0.3 is 5.97 Å². The highest BCUT2D eigenvalue weighted by Gasteiger charge is 2.37. The Kier molecular flexibility index (Phi) is 3.72. The van der Waals surface area contributed by atoms with Crippen molar-refractivity contribution in [3.63, 3.8) is 0 Å². The smallest absolute Gasteiger partial charge is 0.326 e. The number of aliphatic carboxylic acids is 1. The van der Waals surface area contributed by atoms with E-state index in [1.165, 1.54) is 0 Å². The van der Waals surface area contributed by atoms with Gasteiger partial charge in [-0.05, 0) is 23.8 Å². The lowest BCUT2D eigenvalue weighted by Gasteiger charge is -2.33. The Bertz CT molecular complexity index is 1040. The van der Waals surface area contributed by atoms with Crippen molar-refractivity contribution in [3.8, 4) is 0 Å². The van der Waals surface area contributed by atoms with Crippen molar-refractivity contribution >= 4 is 22.8 Å². The van der Waals surface area contributed by atoms with Crippen molar-refractivity contribution in [2.45, 2.75) is 19.0 Å². The lowest BCUT2D eigenvalue weighted by molar-refractivity contribution is -0.142. The summed E-state index contributed by atoms with van der Waals surface area (Å²) < 4.78 is 27.1. The summed E-state index contributed by atoms with van der Waals surface area (Å²) in [5, 5.41) is 10.5. The molecule has 0 bridgehead atoms. The van der Waals surface area contributed by atoms with Crippen LogP contribution in [0.15, 0.2) is 42.5 Å². The van der Waals surface area contributed by atoms with E-state index in [4.69, 9.17) is 0 Å². The van der Waals surface area contributed by atoms with Crippen molar-refractivity contribution in [1.82, 2.24) is 9.88 Å². The molecule has 5 nitrogen and oxygen atoms in total. The van der Waals surface area contributed by atoms with E-state index in [1.807, 2.05) is 24.3 Å². The number of carboxylic acids is 1. The second-order valence-electron chi connectivity index (χ2n) is 6.24. The third-order valence-electron chi connectivity index (χ3n) is 4.71. The van der Waals surface area contributed by atoms with Crippen LogP contribution in [0.1, 0.15) is 21.6 Å². The molecule has 7 heteroatoms. The van der Waals surface area contributed by atoms with E-state index in [9.17, 15) is 23.5 Å². The van der Waals surface area contributed by atoms with Crippen LogP contribution < -0.4 is 0 Å². The lowest BCUT2D eigenvalue weighted by atomic mass is 9.95. The number of nitrogens with zero attached hydrogens (tertiary/aromatic N) is 1. The summed E-state index contributed by atoms with van der Waals surface area (Å²) in [6.07, 6.45) is 0.114. The highest BCUT2D eigenvalue weighted by atomic mass is 19.1. The van der Waals surface area contributed by atoms with Crippen LogP contribution in [-0.4, -0.2) is 32.9 Å². The number of carbonyl (C=O) groups excluding carboxylic acids is 1. The molecular formula is C19H14F2N2O3. The topological polar surface area (TPSA) is 73.4 Å². The highest BCUT2D eigenvalue weighted by molar-refractivity contribution is 5.98. The number of carbonyl (C=O) groups is 2. The van der Waals surface area contributed by atoms with Crippen molar-refractivity contribution in [2.75, 3.05) is 0 Å². The van der Waals surface area contributed by atoms with Crippen LogP contribution in [0.5, 0.6) is 0 Å². The van der Waals surface area contributed by atoms with Gasteiger partial charge in [0.15, 0.2) is 0 Å². The second-order valence-corrected chi connectivity index (χ2v) is 6.24. The molecule has 2 heterocycles. The zero-order valence-electron chi connectivity index (χ0n) is 13.5. The number of fused-ring (bicyclic) bond motifs is 3. The maximum Gasteiger partial charge on any atom is 0.326 e. The van der Waals surface area contributed by atoms with Gasteiger partial charge in [-0.25, -0.2) is 13.6 Å². The van der Waals surface area contributed by atoms with Gasteiger partial charge in [0.25, 0.3) is 5.91 Å². The molecule has 2 aromatic carbocycles. The molecule has 1 aromatic heterocycles. The Hall–Kier alpha value is -3.22. The summed E-state index contributed by atoms with van der Waals surface area (Å²) in [5.41, 5.74) is 2.07. The van der Waals surface area contributed by atoms with E-state index in [1.54, 1.807) is 0 Å². The van der Waals surface area contributed by atoms with E-state index in [2.05, 4.69) is 4.98 Å². The summed E-state index contributed by atoms with van der Waals surface area (Å²) in [4.78, 5) is 28.8. The molecule has 4 rings (SSSR count). The van der Waals surface area contributed by atoms with Crippen molar-refractivity contribution in [2.24, 2.45) is 0 Å². The third kappa shape index (κ3) is 2.52. The number of para-hydroxylation sites is 1. The third-order valence-corrected chi connectivity index (χ3v) is 4.71. The van der Waals surface area contributed by atoms with Crippen LogP contribution in [0.2, 0.25) is 0 Å². The average molecular weight is 356 g/mol. The number of carboxylic acid groups (broad SMARTS) is 1. The first kappa shape index (κ1) is 16.3. The predicted molar refractivity (Wildman–Crippen MR) is 89.7 cm³/mol. The van der Waals surface area contributed by atoms with E-state index in [0.29, 0.717) is 6.07 Å². The quantitative estimate of drug-likeness (QED) is 0.741. The molecule has 0 spiro atoms. The minimum atomic E-state index is -1.17. The molecule has 132 valence electrons. The van der Waals surface area contributed by atoms with Crippen LogP contribution in [0.4, 0.5) is 8.78 Å². The van der Waals surface area contributed by atoms with Crippen molar-refractivity contribution in [3.05, 3.63) is 70.9 Å². The van der Waals surface area contributed by atoms with Gasteiger partial charge in [-0.2, -0.15) is 0 Å².